The molecule has 0 heterocycles. The number of aryl methyl sites for hydroxylation is 1. The zero-order valence-corrected chi connectivity index (χ0v) is 12.1. The Labute approximate surface area is 128 Å². The second kappa shape index (κ2) is 7.03. The van der Waals surface area contributed by atoms with Crippen LogP contribution in [0, 0.1) is 6.92 Å². The first-order valence-electron chi connectivity index (χ1n) is 6.55. The summed E-state index contributed by atoms with van der Waals surface area (Å²) in [6, 6.07) is 14.0. The lowest BCUT2D eigenvalue weighted by Crippen LogP contribution is -2.21. The molecule has 2 aromatic carbocycles. The van der Waals surface area contributed by atoms with Gasteiger partial charge in [-0.3, -0.25) is 0 Å². The van der Waals surface area contributed by atoms with Crippen molar-refractivity contribution in [2.24, 2.45) is 21.7 Å². The zero-order valence-electron chi connectivity index (χ0n) is 12.1. The quantitative estimate of drug-likeness (QED) is 0.295. The van der Waals surface area contributed by atoms with E-state index in [9.17, 15) is 4.79 Å². The summed E-state index contributed by atoms with van der Waals surface area (Å²) in [5.41, 5.74) is 12.6. The third kappa shape index (κ3) is 4.45. The van der Waals surface area contributed by atoms with Crippen molar-refractivity contribution in [3.05, 3.63) is 65.2 Å². The molecule has 0 saturated heterocycles. The third-order valence-corrected chi connectivity index (χ3v) is 2.74. The Balaban J connectivity index is 2.10. The molecule has 2 aromatic rings. The average Bonchev–Trinajstić information content (AvgIpc) is 2.48. The Morgan fingerprint density at radius 1 is 1.14 bits per heavy atom. The standard InChI is InChI=1S/C16H16N4O2/c1-11-5-7-13(8-6-11)15(21)22-14-4-2-3-12(9-14)10-19-20-16(17)18/h2-10H,1H3,(H4,17,18,20). The predicted molar refractivity (Wildman–Crippen MR) is 86.0 cm³/mol. The molecule has 0 bridgehead atoms. The summed E-state index contributed by atoms with van der Waals surface area (Å²) in [4.78, 5) is 12.0. The maximum atomic E-state index is 12.0. The van der Waals surface area contributed by atoms with Gasteiger partial charge in [0.1, 0.15) is 5.75 Å². The van der Waals surface area contributed by atoms with E-state index in [1.165, 1.54) is 6.21 Å². The second-order valence-corrected chi connectivity index (χ2v) is 4.60. The normalized spacial score (nSPS) is 10.4. The van der Waals surface area contributed by atoms with Gasteiger partial charge in [0, 0.05) is 0 Å². The topological polar surface area (TPSA) is 103 Å². The lowest BCUT2D eigenvalue weighted by atomic mass is 10.1. The number of guanidine groups is 1. The van der Waals surface area contributed by atoms with Crippen LogP contribution >= 0.6 is 0 Å². The molecule has 22 heavy (non-hydrogen) atoms. The predicted octanol–water partition coefficient (Wildman–Crippen LogP) is 1.82. The minimum absolute atomic E-state index is 0.127. The molecule has 0 aliphatic heterocycles. The highest BCUT2D eigenvalue weighted by atomic mass is 16.5. The summed E-state index contributed by atoms with van der Waals surface area (Å²) in [5, 5.41) is 7.20. The van der Waals surface area contributed by atoms with E-state index in [0.717, 1.165) is 5.56 Å². The molecule has 0 radical (unpaired) electrons. The van der Waals surface area contributed by atoms with Gasteiger partial charge in [-0.2, -0.15) is 5.10 Å². The van der Waals surface area contributed by atoms with Gasteiger partial charge in [-0.15, -0.1) is 5.10 Å². The van der Waals surface area contributed by atoms with E-state index < -0.39 is 5.97 Å². The molecule has 0 atom stereocenters. The number of esters is 1. The van der Waals surface area contributed by atoms with Gasteiger partial charge in [-0.1, -0.05) is 29.8 Å². The van der Waals surface area contributed by atoms with E-state index in [1.807, 2.05) is 19.1 Å². The summed E-state index contributed by atoms with van der Waals surface area (Å²) >= 11 is 0. The summed E-state index contributed by atoms with van der Waals surface area (Å²) in [6.07, 6.45) is 1.46. The lowest BCUT2D eigenvalue weighted by Gasteiger charge is -2.05. The first kappa shape index (κ1) is 15.2. The largest absolute Gasteiger partial charge is 0.423 e. The average molecular weight is 296 g/mol. The van der Waals surface area contributed by atoms with Crippen LogP contribution in [0.3, 0.4) is 0 Å². The summed E-state index contributed by atoms with van der Waals surface area (Å²) in [5.74, 6) is -0.129. The molecule has 0 saturated carbocycles. The molecular formula is C16H16N4O2. The zero-order chi connectivity index (χ0) is 15.9. The molecule has 6 nitrogen and oxygen atoms in total. The number of carbonyl (C=O) groups is 1. The maximum Gasteiger partial charge on any atom is 0.343 e. The van der Waals surface area contributed by atoms with Crippen molar-refractivity contribution in [1.29, 1.82) is 0 Å². The highest BCUT2D eigenvalue weighted by Crippen LogP contribution is 2.14. The Morgan fingerprint density at radius 3 is 2.55 bits per heavy atom. The number of nitrogens with zero attached hydrogens (tertiary/aromatic N) is 2. The molecule has 0 fully saturated rings. The molecule has 6 heteroatoms. The summed E-state index contributed by atoms with van der Waals surface area (Å²) < 4.78 is 5.32. The number of benzene rings is 2. The molecule has 0 aromatic heterocycles. The van der Waals surface area contributed by atoms with Crippen molar-refractivity contribution < 1.29 is 9.53 Å². The van der Waals surface area contributed by atoms with E-state index >= 15 is 0 Å². The van der Waals surface area contributed by atoms with E-state index in [2.05, 4.69) is 10.2 Å². The van der Waals surface area contributed by atoms with Crippen LogP contribution in [0.4, 0.5) is 0 Å². The van der Waals surface area contributed by atoms with E-state index in [1.54, 1.807) is 36.4 Å². The van der Waals surface area contributed by atoms with Crippen LogP contribution in [0.25, 0.3) is 0 Å². The molecule has 0 unspecified atom stereocenters. The van der Waals surface area contributed by atoms with Crippen LogP contribution in [0.5, 0.6) is 5.75 Å². The fraction of sp³-hybridized carbons (Fsp3) is 0.0625. The smallest absolute Gasteiger partial charge is 0.343 e. The van der Waals surface area contributed by atoms with Gasteiger partial charge >= 0.3 is 5.97 Å². The first-order chi connectivity index (χ1) is 10.5. The number of nitrogens with two attached hydrogens (primary N) is 2. The molecular weight excluding hydrogens is 280 g/mol. The minimum Gasteiger partial charge on any atom is -0.423 e. The van der Waals surface area contributed by atoms with Crippen LogP contribution in [-0.2, 0) is 0 Å². The van der Waals surface area contributed by atoms with Crippen molar-refractivity contribution in [3.63, 3.8) is 0 Å². The Morgan fingerprint density at radius 2 is 1.86 bits per heavy atom. The number of hydrogen-bond acceptors (Lipinski definition) is 4. The van der Waals surface area contributed by atoms with Crippen molar-refractivity contribution >= 4 is 18.1 Å². The SMILES string of the molecule is Cc1ccc(C(=O)Oc2cccc(C=NN=C(N)N)c2)cc1. The van der Waals surface area contributed by atoms with E-state index in [0.29, 0.717) is 16.9 Å². The van der Waals surface area contributed by atoms with Gasteiger partial charge in [0.15, 0.2) is 0 Å². The van der Waals surface area contributed by atoms with Crippen molar-refractivity contribution in [2.45, 2.75) is 6.92 Å². The van der Waals surface area contributed by atoms with Gasteiger partial charge in [0.05, 0.1) is 11.8 Å². The molecule has 2 rings (SSSR count). The van der Waals surface area contributed by atoms with E-state index in [4.69, 9.17) is 16.2 Å². The number of hydrogen-bond donors (Lipinski definition) is 2. The van der Waals surface area contributed by atoms with Crippen LogP contribution in [-0.4, -0.2) is 18.1 Å². The Bertz CT molecular complexity index is 717. The highest BCUT2D eigenvalue weighted by Gasteiger charge is 2.08. The van der Waals surface area contributed by atoms with Gasteiger partial charge in [0.2, 0.25) is 5.96 Å². The minimum atomic E-state index is -0.418. The van der Waals surface area contributed by atoms with Crippen molar-refractivity contribution in [1.82, 2.24) is 0 Å². The molecule has 0 aliphatic rings. The molecule has 0 amide bonds. The van der Waals surface area contributed by atoms with Crippen molar-refractivity contribution in [2.75, 3.05) is 0 Å². The number of rotatable bonds is 4. The third-order valence-electron chi connectivity index (χ3n) is 2.74. The molecule has 112 valence electrons. The van der Waals surface area contributed by atoms with Crippen LogP contribution < -0.4 is 16.2 Å². The first-order valence-corrected chi connectivity index (χ1v) is 6.55. The number of carbonyl (C=O) groups excluding carboxylic acids is 1. The second-order valence-electron chi connectivity index (χ2n) is 4.60. The monoisotopic (exact) mass is 296 g/mol. The van der Waals surface area contributed by atoms with Gasteiger partial charge in [0.25, 0.3) is 0 Å². The lowest BCUT2D eigenvalue weighted by molar-refractivity contribution is 0.0735. The Hall–Kier alpha value is -3.15. The summed E-state index contributed by atoms with van der Waals surface area (Å²) in [7, 11) is 0. The molecule has 4 N–H and O–H groups in total. The van der Waals surface area contributed by atoms with Crippen LogP contribution in [0.2, 0.25) is 0 Å². The van der Waals surface area contributed by atoms with Crippen LogP contribution in [0.1, 0.15) is 21.5 Å². The summed E-state index contributed by atoms with van der Waals surface area (Å²) in [6.45, 7) is 1.95. The Kier molecular flexibility index (Phi) is 4.87. The van der Waals surface area contributed by atoms with Gasteiger partial charge in [-0.25, -0.2) is 4.79 Å². The molecule has 0 aliphatic carbocycles. The number of ether oxygens (including phenoxy) is 1. The molecule has 0 spiro atoms. The van der Waals surface area contributed by atoms with Crippen LogP contribution in [0.15, 0.2) is 58.7 Å². The highest BCUT2D eigenvalue weighted by molar-refractivity contribution is 5.91. The maximum absolute atomic E-state index is 12.0. The van der Waals surface area contributed by atoms with Gasteiger partial charge in [-0.05, 0) is 36.8 Å². The van der Waals surface area contributed by atoms with Gasteiger partial charge < -0.3 is 16.2 Å². The fourth-order valence-electron chi connectivity index (χ4n) is 1.68. The fourth-order valence-corrected chi connectivity index (χ4v) is 1.68. The van der Waals surface area contributed by atoms with E-state index in [-0.39, 0.29) is 5.96 Å². The van der Waals surface area contributed by atoms with Crippen molar-refractivity contribution in [3.8, 4) is 5.75 Å².